The van der Waals surface area contributed by atoms with Crippen molar-refractivity contribution in [3.63, 3.8) is 0 Å². The molecular weight excluding hydrogens is 332 g/mol. The molecule has 1 amide bonds. The Labute approximate surface area is 129 Å². The minimum absolute atomic E-state index is 0.247. The fourth-order valence-corrected chi connectivity index (χ4v) is 2.24. The molecule has 0 aliphatic carbocycles. The number of anilines is 2. The summed E-state index contributed by atoms with van der Waals surface area (Å²) in [5.41, 5.74) is 8.72. The average molecular weight is 343 g/mol. The smallest absolute Gasteiger partial charge is 0.257 e. The Morgan fingerprint density at radius 3 is 2.76 bits per heavy atom. The second-order valence-electron chi connectivity index (χ2n) is 4.42. The van der Waals surface area contributed by atoms with E-state index < -0.39 is 0 Å². The molecule has 104 valence electrons. The van der Waals surface area contributed by atoms with E-state index in [4.69, 9.17) is 5.73 Å². The Kier molecular flexibility index (Phi) is 3.53. The number of halogens is 1. The standard InChI is InChI=1S/C15H11BrN4O/c16-11-5-4-9(8-12(11)17)20-15(21)10-2-1-3-13-14(10)19-7-6-18-13/h1-8H,17H2,(H,20,21). The van der Waals surface area contributed by atoms with Gasteiger partial charge in [0, 0.05) is 28.2 Å². The van der Waals surface area contributed by atoms with E-state index in [1.807, 2.05) is 6.07 Å². The average Bonchev–Trinajstić information content (AvgIpc) is 2.50. The first-order valence-corrected chi connectivity index (χ1v) is 7.00. The van der Waals surface area contributed by atoms with Crippen molar-refractivity contribution in [3.05, 3.63) is 58.8 Å². The highest BCUT2D eigenvalue weighted by molar-refractivity contribution is 9.10. The highest BCUT2D eigenvalue weighted by Crippen LogP contribution is 2.23. The molecule has 0 radical (unpaired) electrons. The molecule has 6 heteroatoms. The van der Waals surface area contributed by atoms with E-state index in [1.165, 1.54) is 0 Å². The highest BCUT2D eigenvalue weighted by Gasteiger charge is 2.12. The maximum atomic E-state index is 12.4. The van der Waals surface area contributed by atoms with Crippen LogP contribution in [0, 0.1) is 0 Å². The first-order valence-electron chi connectivity index (χ1n) is 6.21. The largest absolute Gasteiger partial charge is 0.398 e. The summed E-state index contributed by atoms with van der Waals surface area (Å²) < 4.78 is 0.788. The van der Waals surface area contributed by atoms with E-state index in [0.717, 1.165) is 4.47 Å². The number of para-hydroxylation sites is 1. The lowest BCUT2D eigenvalue weighted by molar-refractivity contribution is 0.102. The Balaban J connectivity index is 1.95. The summed E-state index contributed by atoms with van der Waals surface area (Å²) >= 11 is 3.32. The van der Waals surface area contributed by atoms with Gasteiger partial charge >= 0.3 is 0 Å². The summed E-state index contributed by atoms with van der Waals surface area (Å²) in [6.07, 6.45) is 3.16. The van der Waals surface area contributed by atoms with E-state index in [9.17, 15) is 4.79 Å². The minimum Gasteiger partial charge on any atom is -0.398 e. The van der Waals surface area contributed by atoms with Crippen molar-refractivity contribution in [1.29, 1.82) is 0 Å². The number of carbonyl (C=O) groups is 1. The molecule has 0 saturated carbocycles. The number of amides is 1. The summed E-state index contributed by atoms with van der Waals surface area (Å²) in [6, 6.07) is 10.6. The molecule has 3 rings (SSSR count). The zero-order valence-electron chi connectivity index (χ0n) is 10.9. The topological polar surface area (TPSA) is 80.9 Å². The van der Waals surface area contributed by atoms with Crippen LogP contribution < -0.4 is 11.1 Å². The maximum Gasteiger partial charge on any atom is 0.257 e. The van der Waals surface area contributed by atoms with Crippen LogP contribution in [0.3, 0.4) is 0 Å². The van der Waals surface area contributed by atoms with Crippen molar-refractivity contribution in [2.45, 2.75) is 0 Å². The third-order valence-corrected chi connectivity index (χ3v) is 3.72. The van der Waals surface area contributed by atoms with Crippen LogP contribution in [-0.2, 0) is 0 Å². The van der Waals surface area contributed by atoms with Crippen LogP contribution in [0.4, 0.5) is 11.4 Å². The minimum atomic E-state index is -0.247. The van der Waals surface area contributed by atoms with Crippen LogP contribution in [-0.4, -0.2) is 15.9 Å². The van der Waals surface area contributed by atoms with Gasteiger partial charge in [-0.2, -0.15) is 0 Å². The van der Waals surface area contributed by atoms with Crippen molar-refractivity contribution in [3.8, 4) is 0 Å². The number of rotatable bonds is 2. The summed E-state index contributed by atoms with van der Waals surface area (Å²) in [4.78, 5) is 20.8. The van der Waals surface area contributed by atoms with Gasteiger partial charge in [0.25, 0.3) is 5.91 Å². The van der Waals surface area contributed by atoms with Crippen LogP contribution in [0.5, 0.6) is 0 Å². The molecule has 2 aromatic carbocycles. The second kappa shape index (κ2) is 5.49. The lowest BCUT2D eigenvalue weighted by Crippen LogP contribution is -2.13. The Morgan fingerprint density at radius 1 is 1.14 bits per heavy atom. The number of carbonyl (C=O) groups excluding carboxylic acids is 1. The number of benzene rings is 2. The van der Waals surface area contributed by atoms with Gasteiger partial charge in [-0.25, -0.2) is 0 Å². The third kappa shape index (κ3) is 2.71. The molecule has 21 heavy (non-hydrogen) atoms. The molecule has 0 saturated heterocycles. The quantitative estimate of drug-likeness (QED) is 0.700. The van der Waals surface area contributed by atoms with E-state index in [1.54, 1.807) is 42.7 Å². The Hall–Kier alpha value is -2.47. The van der Waals surface area contributed by atoms with Crippen molar-refractivity contribution in [1.82, 2.24) is 9.97 Å². The summed E-state index contributed by atoms with van der Waals surface area (Å²) in [5, 5.41) is 2.81. The van der Waals surface area contributed by atoms with Crippen molar-refractivity contribution in [2.75, 3.05) is 11.1 Å². The third-order valence-electron chi connectivity index (χ3n) is 3.00. The molecular formula is C15H11BrN4O. The number of hydrogen-bond donors (Lipinski definition) is 2. The first kappa shape index (κ1) is 13.5. The molecule has 0 unspecified atom stereocenters. The number of nitrogens with zero attached hydrogens (tertiary/aromatic N) is 2. The van der Waals surface area contributed by atoms with Crippen LogP contribution in [0.2, 0.25) is 0 Å². The zero-order valence-corrected chi connectivity index (χ0v) is 12.5. The second-order valence-corrected chi connectivity index (χ2v) is 5.27. The normalized spacial score (nSPS) is 10.5. The van der Waals surface area contributed by atoms with E-state index in [2.05, 4.69) is 31.2 Å². The summed E-state index contributed by atoms with van der Waals surface area (Å²) in [5.74, 6) is -0.247. The van der Waals surface area contributed by atoms with Crippen molar-refractivity contribution in [2.24, 2.45) is 0 Å². The number of nitrogen functional groups attached to an aromatic ring is 1. The SMILES string of the molecule is Nc1cc(NC(=O)c2cccc3nccnc23)ccc1Br. The van der Waals surface area contributed by atoms with E-state index in [-0.39, 0.29) is 5.91 Å². The predicted molar refractivity (Wildman–Crippen MR) is 86.0 cm³/mol. The maximum absolute atomic E-state index is 12.4. The van der Waals surface area contributed by atoms with Gasteiger partial charge in [0.2, 0.25) is 0 Å². The Bertz CT molecular complexity index is 830. The first-order chi connectivity index (χ1) is 10.1. The lowest BCUT2D eigenvalue weighted by atomic mass is 10.1. The molecule has 0 spiro atoms. The van der Waals surface area contributed by atoms with Gasteiger partial charge in [0.05, 0.1) is 11.1 Å². The highest BCUT2D eigenvalue weighted by atomic mass is 79.9. The van der Waals surface area contributed by atoms with Gasteiger partial charge in [0.1, 0.15) is 5.52 Å². The van der Waals surface area contributed by atoms with Crippen LogP contribution in [0.25, 0.3) is 11.0 Å². The van der Waals surface area contributed by atoms with E-state index >= 15 is 0 Å². The number of nitrogens with two attached hydrogens (primary N) is 1. The molecule has 3 N–H and O–H groups in total. The summed E-state index contributed by atoms with van der Waals surface area (Å²) in [6.45, 7) is 0. The Morgan fingerprint density at radius 2 is 1.95 bits per heavy atom. The van der Waals surface area contributed by atoms with Crippen molar-refractivity contribution >= 4 is 44.2 Å². The van der Waals surface area contributed by atoms with Crippen molar-refractivity contribution < 1.29 is 4.79 Å². The molecule has 0 bridgehead atoms. The molecule has 1 aromatic heterocycles. The zero-order chi connectivity index (χ0) is 14.8. The molecule has 1 heterocycles. The van der Waals surface area contributed by atoms with Gasteiger partial charge in [-0.3, -0.25) is 14.8 Å². The molecule has 3 aromatic rings. The van der Waals surface area contributed by atoms with Gasteiger partial charge in [-0.1, -0.05) is 6.07 Å². The molecule has 0 aliphatic heterocycles. The van der Waals surface area contributed by atoms with Crippen LogP contribution in [0.15, 0.2) is 53.3 Å². The summed E-state index contributed by atoms with van der Waals surface area (Å²) in [7, 11) is 0. The number of fused-ring (bicyclic) bond motifs is 1. The van der Waals surface area contributed by atoms with Crippen LogP contribution in [0.1, 0.15) is 10.4 Å². The van der Waals surface area contributed by atoms with Gasteiger partial charge < -0.3 is 11.1 Å². The molecule has 0 fully saturated rings. The number of nitrogens with one attached hydrogen (secondary N) is 1. The monoisotopic (exact) mass is 342 g/mol. The molecule has 0 aliphatic rings. The fourth-order valence-electron chi connectivity index (χ4n) is 2.00. The predicted octanol–water partition coefficient (Wildman–Crippen LogP) is 3.23. The molecule has 5 nitrogen and oxygen atoms in total. The van der Waals surface area contributed by atoms with Gasteiger partial charge in [0.15, 0.2) is 0 Å². The number of aromatic nitrogens is 2. The van der Waals surface area contributed by atoms with E-state index in [0.29, 0.717) is 28.0 Å². The molecule has 0 atom stereocenters. The van der Waals surface area contributed by atoms with Gasteiger partial charge in [-0.05, 0) is 46.3 Å². The van der Waals surface area contributed by atoms with Crippen LogP contribution >= 0.6 is 15.9 Å². The number of hydrogen-bond acceptors (Lipinski definition) is 4. The van der Waals surface area contributed by atoms with Gasteiger partial charge in [-0.15, -0.1) is 0 Å². The fraction of sp³-hybridized carbons (Fsp3) is 0. The lowest BCUT2D eigenvalue weighted by Gasteiger charge is -2.08.